The van der Waals surface area contributed by atoms with Crippen LogP contribution in [0.1, 0.15) is 43.8 Å². The first-order valence-electron chi connectivity index (χ1n) is 6.36. The summed E-state index contributed by atoms with van der Waals surface area (Å²) in [6.07, 6.45) is 4.84. The summed E-state index contributed by atoms with van der Waals surface area (Å²) in [5.41, 5.74) is 0.837. The zero-order valence-electron chi connectivity index (χ0n) is 9.99. The Hall–Kier alpha value is 0.200. The maximum Gasteiger partial charge on any atom is 0.100 e. The van der Waals surface area contributed by atoms with Crippen LogP contribution in [0.25, 0.3) is 0 Å². The molecule has 1 aliphatic heterocycles. The Kier molecular flexibility index (Phi) is 3.63. The maximum atomic E-state index is 10.5. The fraction of sp³-hybridized carbons (Fsp3) is 0.692. The van der Waals surface area contributed by atoms with E-state index in [-0.39, 0.29) is 11.5 Å². The molecule has 2 unspecified atom stereocenters. The summed E-state index contributed by atoms with van der Waals surface area (Å²) < 4.78 is 7.14. The molecular formula is C13H16Cl2O2S. The molecular weight excluding hydrogens is 291 g/mol. The molecule has 2 fully saturated rings. The number of rotatable bonds is 2. The third-order valence-electron chi connectivity index (χ3n) is 4.24. The van der Waals surface area contributed by atoms with Crippen LogP contribution in [0.15, 0.2) is 6.07 Å². The number of hydrogen-bond donors (Lipinski definition) is 1. The fourth-order valence-corrected chi connectivity index (χ4v) is 4.60. The largest absolute Gasteiger partial charge is 0.388 e. The van der Waals surface area contributed by atoms with Crippen LogP contribution in [0.5, 0.6) is 0 Å². The van der Waals surface area contributed by atoms with Gasteiger partial charge in [0.25, 0.3) is 0 Å². The lowest BCUT2D eigenvalue weighted by molar-refractivity contribution is -0.157. The summed E-state index contributed by atoms with van der Waals surface area (Å²) in [5, 5.41) is 10.5. The van der Waals surface area contributed by atoms with Crippen LogP contribution in [0, 0.1) is 5.92 Å². The number of halogens is 2. The molecule has 2 nitrogen and oxygen atoms in total. The molecule has 1 aliphatic carbocycles. The highest BCUT2D eigenvalue weighted by Crippen LogP contribution is 2.48. The van der Waals surface area contributed by atoms with Crippen molar-refractivity contribution >= 4 is 34.5 Å². The van der Waals surface area contributed by atoms with Gasteiger partial charge in [0.1, 0.15) is 4.34 Å². The molecule has 100 valence electrons. The molecule has 0 amide bonds. The molecule has 1 spiro atoms. The van der Waals surface area contributed by atoms with Gasteiger partial charge in [0, 0.05) is 12.2 Å². The Bertz CT molecular complexity index is 442. The van der Waals surface area contributed by atoms with Crippen molar-refractivity contribution in [3.05, 3.63) is 20.3 Å². The van der Waals surface area contributed by atoms with E-state index in [1.165, 1.54) is 17.8 Å². The fourth-order valence-electron chi connectivity index (χ4n) is 3.06. The first-order chi connectivity index (χ1) is 8.60. The van der Waals surface area contributed by atoms with Crippen molar-refractivity contribution in [2.24, 2.45) is 5.92 Å². The van der Waals surface area contributed by atoms with Crippen molar-refractivity contribution in [1.82, 2.24) is 0 Å². The van der Waals surface area contributed by atoms with Gasteiger partial charge in [-0.25, -0.2) is 0 Å². The van der Waals surface area contributed by atoms with Gasteiger partial charge >= 0.3 is 0 Å². The van der Waals surface area contributed by atoms with Gasteiger partial charge in [0.15, 0.2) is 0 Å². The highest BCUT2D eigenvalue weighted by Gasteiger charge is 2.44. The first kappa shape index (κ1) is 13.2. The van der Waals surface area contributed by atoms with E-state index in [2.05, 4.69) is 0 Å². The summed E-state index contributed by atoms with van der Waals surface area (Å²) in [6.45, 7) is 0.747. The van der Waals surface area contributed by atoms with Gasteiger partial charge in [0.2, 0.25) is 0 Å². The molecule has 1 aromatic rings. The third kappa shape index (κ3) is 2.32. The second-order valence-corrected chi connectivity index (χ2v) is 7.65. The molecule has 3 rings (SSSR count). The lowest BCUT2D eigenvalue weighted by atomic mass is 9.70. The molecule has 0 aromatic carbocycles. The Morgan fingerprint density at radius 3 is 2.78 bits per heavy atom. The lowest BCUT2D eigenvalue weighted by Gasteiger charge is -2.48. The normalized spacial score (nSPS) is 28.1. The minimum Gasteiger partial charge on any atom is -0.388 e. The Balaban J connectivity index is 1.75. The van der Waals surface area contributed by atoms with Crippen LogP contribution in [0.4, 0.5) is 0 Å². The third-order valence-corrected chi connectivity index (χ3v) is 5.76. The second-order valence-electron chi connectivity index (χ2n) is 5.36. The molecule has 1 N–H and O–H groups in total. The zero-order valence-corrected chi connectivity index (χ0v) is 12.3. The zero-order chi connectivity index (χ0) is 12.8. The second kappa shape index (κ2) is 4.95. The molecule has 5 heteroatoms. The average Bonchev–Trinajstić information content (AvgIpc) is 2.66. The number of aliphatic hydroxyl groups excluding tert-OH is 1. The molecule has 2 atom stereocenters. The SMILES string of the molecule is OC(c1cc(Cl)sc1Cl)C1CCOC2(CCC2)C1. The van der Waals surface area contributed by atoms with Crippen LogP contribution in [0.3, 0.4) is 0 Å². The van der Waals surface area contributed by atoms with Crippen molar-refractivity contribution in [2.75, 3.05) is 6.61 Å². The molecule has 0 radical (unpaired) electrons. The van der Waals surface area contributed by atoms with Gasteiger partial charge in [-0.15, -0.1) is 11.3 Å². The van der Waals surface area contributed by atoms with Gasteiger partial charge in [-0.1, -0.05) is 23.2 Å². The topological polar surface area (TPSA) is 29.5 Å². The Morgan fingerprint density at radius 2 is 2.22 bits per heavy atom. The van der Waals surface area contributed by atoms with Crippen LogP contribution < -0.4 is 0 Å². The van der Waals surface area contributed by atoms with E-state index in [0.717, 1.165) is 37.9 Å². The summed E-state index contributed by atoms with van der Waals surface area (Å²) in [4.78, 5) is 0. The molecule has 2 heterocycles. The van der Waals surface area contributed by atoms with Crippen molar-refractivity contribution in [3.63, 3.8) is 0 Å². The summed E-state index contributed by atoms with van der Waals surface area (Å²) >= 11 is 13.4. The van der Waals surface area contributed by atoms with E-state index in [9.17, 15) is 5.11 Å². The van der Waals surface area contributed by atoms with Crippen molar-refractivity contribution < 1.29 is 9.84 Å². The van der Waals surface area contributed by atoms with E-state index >= 15 is 0 Å². The van der Waals surface area contributed by atoms with E-state index in [4.69, 9.17) is 27.9 Å². The van der Waals surface area contributed by atoms with Crippen LogP contribution in [-0.4, -0.2) is 17.3 Å². The maximum absolute atomic E-state index is 10.5. The first-order valence-corrected chi connectivity index (χ1v) is 7.94. The van der Waals surface area contributed by atoms with Gasteiger partial charge in [-0.3, -0.25) is 0 Å². The minimum atomic E-state index is -0.511. The van der Waals surface area contributed by atoms with E-state index in [0.29, 0.717) is 8.67 Å². The monoisotopic (exact) mass is 306 g/mol. The van der Waals surface area contributed by atoms with Crippen molar-refractivity contribution in [3.8, 4) is 0 Å². The average molecular weight is 307 g/mol. The molecule has 0 bridgehead atoms. The van der Waals surface area contributed by atoms with Crippen LogP contribution >= 0.6 is 34.5 Å². The smallest absolute Gasteiger partial charge is 0.100 e. The van der Waals surface area contributed by atoms with Crippen molar-refractivity contribution in [1.29, 1.82) is 0 Å². The van der Waals surface area contributed by atoms with Gasteiger partial charge in [0.05, 0.1) is 16.0 Å². The quantitative estimate of drug-likeness (QED) is 0.875. The van der Waals surface area contributed by atoms with Gasteiger partial charge in [-0.05, 0) is 44.1 Å². The minimum absolute atomic E-state index is 0.0518. The standard InChI is InChI=1S/C13H16Cl2O2S/c14-10-6-9(12(15)18-10)11(16)8-2-5-17-13(7-8)3-1-4-13/h6,8,11,16H,1-5,7H2. The Labute approximate surface area is 121 Å². The van der Waals surface area contributed by atoms with E-state index < -0.39 is 6.10 Å². The van der Waals surface area contributed by atoms with Crippen molar-refractivity contribution in [2.45, 2.75) is 43.8 Å². The van der Waals surface area contributed by atoms with E-state index in [1.807, 2.05) is 0 Å². The number of aliphatic hydroxyl groups is 1. The lowest BCUT2D eigenvalue weighted by Crippen LogP contribution is -2.46. The summed E-state index contributed by atoms with van der Waals surface area (Å²) in [5.74, 6) is 0.238. The summed E-state index contributed by atoms with van der Waals surface area (Å²) in [6, 6.07) is 1.79. The molecule has 1 saturated carbocycles. The molecule has 18 heavy (non-hydrogen) atoms. The number of hydrogen-bond acceptors (Lipinski definition) is 3. The predicted octanol–water partition coefficient (Wildman–Crippen LogP) is 4.44. The number of ether oxygens (including phenoxy) is 1. The molecule has 2 aliphatic rings. The molecule has 1 aromatic heterocycles. The highest BCUT2D eigenvalue weighted by atomic mass is 35.5. The highest BCUT2D eigenvalue weighted by molar-refractivity contribution is 7.20. The van der Waals surface area contributed by atoms with Crippen LogP contribution in [-0.2, 0) is 4.74 Å². The van der Waals surface area contributed by atoms with Gasteiger partial charge in [-0.2, -0.15) is 0 Å². The Morgan fingerprint density at radius 1 is 1.44 bits per heavy atom. The number of thiophene rings is 1. The molecule has 1 saturated heterocycles. The van der Waals surface area contributed by atoms with Gasteiger partial charge < -0.3 is 9.84 Å². The van der Waals surface area contributed by atoms with E-state index in [1.54, 1.807) is 6.07 Å². The van der Waals surface area contributed by atoms with Crippen LogP contribution in [0.2, 0.25) is 8.67 Å². The predicted molar refractivity (Wildman–Crippen MR) is 74.6 cm³/mol. The summed E-state index contributed by atoms with van der Waals surface area (Å²) in [7, 11) is 0.